The standard InChI is InChI=1S/C21H26N2O3/c1-2-11-23(15-17-6-4-3-5-7-17)20(24)18-8-12-22(13-9-18)21(25)19-10-14-26-16-19/h3-7,10,14,16,18H,2,8-9,11-13,15H2,1H3. The summed E-state index contributed by atoms with van der Waals surface area (Å²) in [6.45, 7) is 4.75. The van der Waals surface area contributed by atoms with Gasteiger partial charge in [-0.3, -0.25) is 9.59 Å². The number of nitrogens with zero attached hydrogens (tertiary/aromatic N) is 2. The van der Waals surface area contributed by atoms with Crippen LogP contribution < -0.4 is 0 Å². The molecule has 26 heavy (non-hydrogen) atoms. The molecule has 0 spiro atoms. The summed E-state index contributed by atoms with van der Waals surface area (Å²) >= 11 is 0. The number of carbonyl (C=O) groups excluding carboxylic acids is 2. The smallest absolute Gasteiger partial charge is 0.257 e. The van der Waals surface area contributed by atoms with E-state index in [-0.39, 0.29) is 17.7 Å². The van der Waals surface area contributed by atoms with Crippen molar-refractivity contribution in [2.75, 3.05) is 19.6 Å². The van der Waals surface area contributed by atoms with E-state index in [4.69, 9.17) is 4.42 Å². The Morgan fingerprint density at radius 2 is 1.88 bits per heavy atom. The molecule has 5 nitrogen and oxygen atoms in total. The topological polar surface area (TPSA) is 53.8 Å². The van der Waals surface area contributed by atoms with Crippen LogP contribution >= 0.6 is 0 Å². The molecular formula is C21H26N2O3. The highest BCUT2D eigenvalue weighted by Gasteiger charge is 2.30. The third-order valence-corrected chi connectivity index (χ3v) is 4.92. The minimum absolute atomic E-state index is 0.00124. The molecule has 3 rings (SSSR count). The van der Waals surface area contributed by atoms with E-state index in [2.05, 4.69) is 19.1 Å². The maximum Gasteiger partial charge on any atom is 0.257 e. The Labute approximate surface area is 154 Å². The van der Waals surface area contributed by atoms with Crippen LogP contribution in [0.1, 0.15) is 42.1 Å². The van der Waals surface area contributed by atoms with Crippen molar-refractivity contribution in [1.29, 1.82) is 0 Å². The molecule has 0 unspecified atom stereocenters. The molecule has 2 aromatic rings. The second kappa shape index (κ2) is 8.70. The van der Waals surface area contributed by atoms with Gasteiger partial charge in [-0.2, -0.15) is 0 Å². The van der Waals surface area contributed by atoms with Crippen molar-refractivity contribution in [2.45, 2.75) is 32.7 Å². The first kappa shape index (κ1) is 18.2. The van der Waals surface area contributed by atoms with Gasteiger partial charge in [0, 0.05) is 32.1 Å². The fraction of sp³-hybridized carbons (Fsp3) is 0.429. The molecule has 5 heteroatoms. The molecule has 1 fully saturated rings. The molecule has 0 aliphatic carbocycles. The highest BCUT2D eigenvalue weighted by molar-refractivity contribution is 5.94. The molecule has 138 valence electrons. The van der Waals surface area contributed by atoms with Crippen LogP contribution in [-0.4, -0.2) is 41.2 Å². The number of likely N-dealkylation sites (tertiary alicyclic amines) is 1. The number of furan rings is 1. The quantitative estimate of drug-likeness (QED) is 0.797. The highest BCUT2D eigenvalue weighted by atomic mass is 16.3. The van der Waals surface area contributed by atoms with Gasteiger partial charge in [-0.05, 0) is 30.9 Å². The van der Waals surface area contributed by atoms with Crippen molar-refractivity contribution in [2.24, 2.45) is 5.92 Å². The van der Waals surface area contributed by atoms with Crippen LogP contribution in [0, 0.1) is 5.92 Å². The van der Waals surface area contributed by atoms with Crippen LogP contribution in [0.5, 0.6) is 0 Å². The first-order valence-corrected chi connectivity index (χ1v) is 9.33. The molecule has 1 aromatic carbocycles. The second-order valence-corrected chi connectivity index (χ2v) is 6.82. The zero-order chi connectivity index (χ0) is 18.4. The number of rotatable bonds is 6. The van der Waals surface area contributed by atoms with Crippen molar-refractivity contribution in [1.82, 2.24) is 9.80 Å². The SMILES string of the molecule is CCCN(Cc1ccccc1)C(=O)C1CCN(C(=O)c2ccoc2)CC1. The van der Waals surface area contributed by atoms with Gasteiger partial charge in [0.1, 0.15) is 6.26 Å². The van der Waals surface area contributed by atoms with Crippen LogP contribution in [0.15, 0.2) is 53.3 Å². The van der Waals surface area contributed by atoms with E-state index in [1.54, 1.807) is 6.07 Å². The van der Waals surface area contributed by atoms with Crippen LogP contribution in [0.25, 0.3) is 0 Å². The average Bonchev–Trinajstić information content (AvgIpc) is 3.22. The van der Waals surface area contributed by atoms with E-state index in [0.717, 1.165) is 31.4 Å². The third kappa shape index (κ3) is 4.34. The molecule has 0 saturated carbocycles. The maximum absolute atomic E-state index is 13.0. The zero-order valence-corrected chi connectivity index (χ0v) is 15.3. The van der Waals surface area contributed by atoms with Gasteiger partial charge < -0.3 is 14.2 Å². The molecule has 0 bridgehead atoms. The number of piperidine rings is 1. The lowest BCUT2D eigenvalue weighted by molar-refractivity contribution is -0.137. The van der Waals surface area contributed by atoms with Crippen LogP contribution in [0.2, 0.25) is 0 Å². The Hall–Kier alpha value is -2.56. The van der Waals surface area contributed by atoms with Crippen LogP contribution in [0.3, 0.4) is 0 Å². The van der Waals surface area contributed by atoms with E-state index in [1.807, 2.05) is 28.0 Å². The summed E-state index contributed by atoms with van der Waals surface area (Å²) in [5.74, 6) is 0.198. The normalized spacial score (nSPS) is 15.0. The summed E-state index contributed by atoms with van der Waals surface area (Å²) in [5.41, 5.74) is 1.73. The summed E-state index contributed by atoms with van der Waals surface area (Å²) < 4.78 is 4.99. The summed E-state index contributed by atoms with van der Waals surface area (Å²) in [6, 6.07) is 11.8. The maximum atomic E-state index is 13.0. The lowest BCUT2D eigenvalue weighted by Gasteiger charge is -2.34. The van der Waals surface area contributed by atoms with Crippen molar-refractivity contribution in [3.8, 4) is 0 Å². The molecule has 2 heterocycles. The van der Waals surface area contributed by atoms with Crippen molar-refractivity contribution >= 4 is 11.8 Å². The second-order valence-electron chi connectivity index (χ2n) is 6.82. The van der Waals surface area contributed by atoms with Crippen molar-refractivity contribution < 1.29 is 14.0 Å². The number of amides is 2. The van der Waals surface area contributed by atoms with E-state index >= 15 is 0 Å². The van der Waals surface area contributed by atoms with E-state index in [0.29, 0.717) is 25.2 Å². The first-order chi connectivity index (χ1) is 12.7. The minimum atomic E-state index is -0.0145. The van der Waals surface area contributed by atoms with E-state index in [1.165, 1.54) is 12.5 Å². The molecule has 1 aromatic heterocycles. The lowest BCUT2D eigenvalue weighted by atomic mass is 9.94. The van der Waals surface area contributed by atoms with Crippen molar-refractivity contribution in [3.05, 3.63) is 60.1 Å². The number of hydrogen-bond acceptors (Lipinski definition) is 3. The molecule has 0 atom stereocenters. The largest absolute Gasteiger partial charge is 0.472 e. The lowest BCUT2D eigenvalue weighted by Crippen LogP contribution is -2.44. The molecule has 2 amide bonds. The molecule has 0 radical (unpaired) electrons. The molecule has 1 aliphatic rings. The van der Waals surface area contributed by atoms with Crippen molar-refractivity contribution in [3.63, 3.8) is 0 Å². The van der Waals surface area contributed by atoms with Gasteiger partial charge in [0.25, 0.3) is 5.91 Å². The van der Waals surface area contributed by atoms with Gasteiger partial charge >= 0.3 is 0 Å². The Morgan fingerprint density at radius 1 is 1.15 bits per heavy atom. The average molecular weight is 354 g/mol. The highest BCUT2D eigenvalue weighted by Crippen LogP contribution is 2.22. The van der Waals surface area contributed by atoms with Gasteiger partial charge in [-0.25, -0.2) is 0 Å². The Balaban J connectivity index is 1.58. The summed E-state index contributed by atoms with van der Waals surface area (Å²) in [6.07, 6.45) is 5.36. The Kier molecular flexibility index (Phi) is 6.10. The van der Waals surface area contributed by atoms with Gasteiger partial charge in [0.05, 0.1) is 11.8 Å². The number of hydrogen-bond donors (Lipinski definition) is 0. The summed E-state index contributed by atoms with van der Waals surface area (Å²) in [4.78, 5) is 29.2. The fourth-order valence-corrected chi connectivity index (χ4v) is 3.50. The molecular weight excluding hydrogens is 328 g/mol. The molecule has 1 aliphatic heterocycles. The van der Waals surface area contributed by atoms with Crippen LogP contribution in [0.4, 0.5) is 0 Å². The fourth-order valence-electron chi connectivity index (χ4n) is 3.50. The number of benzene rings is 1. The first-order valence-electron chi connectivity index (χ1n) is 9.33. The monoisotopic (exact) mass is 354 g/mol. The number of carbonyl (C=O) groups is 2. The predicted octanol–water partition coefficient (Wildman–Crippen LogP) is 3.57. The zero-order valence-electron chi connectivity index (χ0n) is 15.3. The molecule has 0 N–H and O–H groups in total. The molecule has 1 saturated heterocycles. The van der Waals surface area contributed by atoms with E-state index < -0.39 is 0 Å². The van der Waals surface area contributed by atoms with Gasteiger partial charge in [-0.1, -0.05) is 37.3 Å². The van der Waals surface area contributed by atoms with E-state index in [9.17, 15) is 9.59 Å². The van der Waals surface area contributed by atoms with Crippen LogP contribution in [-0.2, 0) is 11.3 Å². The minimum Gasteiger partial charge on any atom is -0.472 e. The summed E-state index contributed by atoms with van der Waals surface area (Å²) in [5, 5.41) is 0. The van der Waals surface area contributed by atoms with Gasteiger partial charge in [-0.15, -0.1) is 0 Å². The van der Waals surface area contributed by atoms with Gasteiger partial charge in [0.2, 0.25) is 5.91 Å². The Bertz CT molecular complexity index is 704. The third-order valence-electron chi connectivity index (χ3n) is 4.92. The summed E-state index contributed by atoms with van der Waals surface area (Å²) in [7, 11) is 0. The van der Waals surface area contributed by atoms with Gasteiger partial charge in [0.15, 0.2) is 0 Å². The predicted molar refractivity (Wildman–Crippen MR) is 99.5 cm³/mol. The Morgan fingerprint density at radius 3 is 2.50 bits per heavy atom.